The Bertz CT molecular complexity index is 542. The minimum Gasteiger partial charge on any atom is -0.465 e. The molecule has 1 unspecified atom stereocenters. The van der Waals surface area contributed by atoms with Crippen LogP contribution in [0.2, 0.25) is 0 Å². The fourth-order valence-corrected chi connectivity index (χ4v) is 2.44. The molecule has 1 aliphatic rings. The van der Waals surface area contributed by atoms with Crippen molar-refractivity contribution in [2.45, 2.75) is 31.3 Å². The van der Waals surface area contributed by atoms with Gasteiger partial charge in [-0.05, 0) is 37.5 Å². The monoisotopic (exact) mass is 342 g/mol. The summed E-state index contributed by atoms with van der Waals surface area (Å²) in [4.78, 5) is 23.7. The van der Waals surface area contributed by atoms with E-state index in [9.17, 15) is 9.59 Å². The first-order valence-electron chi connectivity index (χ1n) is 7.32. The van der Waals surface area contributed by atoms with Gasteiger partial charge in [-0.3, -0.25) is 4.79 Å². The molecule has 1 aromatic carbocycles. The molecular weight excluding hydrogens is 320 g/mol. The second-order valence-corrected chi connectivity index (χ2v) is 5.62. The fraction of sp³-hybridized carbons (Fsp3) is 0.500. The molecule has 7 heteroatoms. The standard InChI is InChI=1S/C16H22N2O4.ClH/c1-11(12-4-6-13(7-5-12)14(19)21-2)18-15(20)16(17)8-3-9-22-10-16;/h4-7,11H,3,8-10,17H2,1-2H3,(H,18,20);1H/t11-,16?;/m0./s1. The van der Waals surface area contributed by atoms with Crippen molar-refractivity contribution in [2.24, 2.45) is 5.73 Å². The number of amides is 1. The molecule has 3 N–H and O–H groups in total. The zero-order valence-electron chi connectivity index (χ0n) is 13.3. The van der Waals surface area contributed by atoms with Gasteiger partial charge in [0.1, 0.15) is 5.54 Å². The number of rotatable bonds is 4. The molecule has 0 spiro atoms. The third kappa shape index (κ3) is 4.67. The molecule has 128 valence electrons. The van der Waals surface area contributed by atoms with Crippen LogP contribution >= 0.6 is 12.4 Å². The molecule has 1 aliphatic heterocycles. The van der Waals surface area contributed by atoms with Gasteiger partial charge in [0, 0.05) is 6.61 Å². The molecular formula is C16H23ClN2O4. The Balaban J connectivity index is 0.00000264. The summed E-state index contributed by atoms with van der Waals surface area (Å²) in [7, 11) is 1.34. The number of benzene rings is 1. The van der Waals surface area contributed by atoms with Crippen LogP contribution in [0.15, 0.2) is 24.3 Å². The SMILES string of the molecule is COC(=O)c1ccc([C@H](C)NC(=O)C2(N)CCCOC2)cc1.Cl. The van der Waals surface area contributed by atoms with E-state index >= 15 is 0 Å². The number of nitrogens with two attached hydrogens (primary N) is 1. The molecule has 0 radical (unpaired) electrons. The maximum Gasteiger partial charge on any atom is 0.337 e. The van der Waals surface area contributed by atoms with Crippen LogP contribution in [0.5, 0.6) is 0 Å². The Morgan fingerprint density at radius 3 is 2.52 bits per heavy atom. The van der Waals surface area contributed by atoms with Gasteiger partial charge in [0.2, 0.25) is 5.91 Å². The van der Waals surface area contributed by atoms with Crippen molar-refractivity contribution in [3.63, 3.8) is 0 Å². The normalized spacial score (nSPS) is 21.7. The Labute approximate surface area is 142 Å². The predicted molar refractivity (Wildman–Crippen MR) is 88.6 cm³/mol. The lowest BCUT2D eigenvalue weighted by atomic mass is 9.92. The Morgan fingerprint density at radius 1 is 1.35 bits per heavy atom. The summed E-state index contributed by atoms with van der Waals surface area (Å²) in [6.45, 7) is 2.77. The molecule has 1 aromatic rings. The van der Waals surface area contributed by atoms with Gasteiger partial charge in [-0.1, -0.05) is 12.1 Å². The van der Waals surface area contributed by atoms with Crippen molar-refractivity contribution in [3.05, 3.63) is 35.4 Å². The molecule has 2 atom stereocenters. The van der Waals surface area contributed by atoms with Crippen LogP contribution in [0.1, 0.15) is 41.7 Å². The molecule has 23 heavy (non-hydrogen) atoms. The minimum atomic E-state index is -0.960. The number of carbonyl (C=O) groups excluding carboxylic acids is 2. The van der Waals surface area contributed by atoms with E-state index in [-0.39, 0.29) is 36.9 Å². The maximum atomic E-state index is 12.3. The molecule has 0 aromatic heterocycles. The Morgan fingerprint density at radius 2 is 2.00 bits per heavy atom. The van der Waals surface area contributed by atoms with Crippen molar-refractivity contribution >= 4 is 24.3 Å². The summed E-state index contributed by atoms with van der Waals surface area (Å²) < 4.78 is 9.97. The van der Waals surface area contributed by atoms with E-state index in [1.807, 2.05) is 6.92 Å². The van der Waals surface area contributed by atoms with E-state index in [2.05, 4.69) is 10.1 Å². The maximum absolute atomic E-state index is 12.3. The van der Waals surface area contributed by atoms with E-state index in [0.717, 1.165) is 12.0 Å². The predicted octanol–water partition coefficient (Wildman–Crippen LogP) is 1.58. The van der Waals surface area contributed by atoms with Crippen molar-refractivity contribution < 1.29 is 19.1 Å². The summed E-state index contributed by atoms with van der Waals surface area (Å²) >= 11 is 0. The van der Waals surface area contributed by atoms with Crippen molar-refractivity contribution in [3.8, 4) is 0 Å². The lowest BCUT2D eigenvalue weighted by Crippen LogP contribution is -2.59. The molecule has 2 rings (SSSR count). The van der Waals surface area contributed by atoms with Crippen LogP contribution < -0.4 is 11.1 Å². The van der Waals surface area contributed by atoms with Gasteiger partial charge in [-0.2, -0.15) is 0 Å². The third-order valence-corrected chi connectivity index (χ3v) is 3.90. The number of esters is 1. The van der Waals surface area contributed by atoms with Crippen molar-refractivity contribution in [1.29, 1.82) is 0 Å². The molecule has 1 saturated heterocycles. The van der Waals surface area contributed by atoms with Crippen molar-refractivity contribution in [1.82, 2.24) is 5.32 Å². The van der Waals surface area contributed by atoms with E-state index in [0.29, 0.717) is 18.6 Å². The zero-order valence-corrected chi connectivity index (χ0v) is 14.2. The molecule has 1 amide bonds. The smallest absolute Gasteiger partial charge is 0.337 e. The molecule has 1 fully saturated rings. The average molecular weight is 343 g/mol. The number of methoxy groups -OCH3 is 1. The van der Waals surface area contributed by atoms with Gasteiger partial charge in [-0.25, -0.2) is 4.79 Å². The quantitative estimate of drug-likeness (QED) is 0.811. The number of carbonyl (C=O) groups is 2. The first kappa shape index (κ1) is 19.4. The first-order chi connectivity index (χ1) is 10.5. The van der Waals surface area contributed by atoms with Gasteiger partial charge >= 0.3 is 5.97 Å². The second kappa shape index (κ2) is 8.29. The summed E-state index contributed by atoms with van der Waals surface area (Å²) in [5.74, 6) is -0.597. The van der Waals surface area contributed by atoms with E-state index in [1.165, 1.54) is 7.11 Å². The van der Waals surface area contributed by atoms with Crippen LogP contribution in [-0.2, 0) is 14.3 Å². The Kier molecular flexibility index (Phi) is 7.00. The van der Waals surface area contributed by atoms with Gasteiger partial charge in [0.25, 0.3) is 0 Å². The summed E-state index contributed by atoms with van der Waals surface area (Å²) in [5.41, 5.74) is 6.52. The van der Waals surface area contributed by atoms with Gasteiger partial charge < -0.3 is 20.5 Å². The second-order valence-electron chi connectivity index (χ2n) is 5.62. The number of ether oxygens (including phenoxy) is 2. The molecule has 0 bridgehead atoms. The third-order valence-electron chi connectivity index (χ3n) is 3.90. The highest BCUT2D eigenvalue weighted by Crippen LogP contribution is 2.19. The van der Waals surface area contributed by atoms with Gasteiger partial charge in [-0.15, -0.1) is 12.4 Å². The van der Waals surface area contributed by atoms with Crippen LogP contribution in [0.25, 0.3) is 0 Å². The number of hydrogen-bond donors (Lipinski definition) is 2. The van der Waals surface area contributed by atoms with Crippen LogP contribution in [-0.4, -0.2) is 37.7 Å². The summed E-state index contributed by atoms with van der Waals surface area (Å²) in [6, 6.07) is 6.72. The van der Waals surface area contributed by atoms with E-state index in [1.54, 1.807) is 24.3 Å². The van der Waals surface area contributed by atoms with E-state index < -0.39 is 5.54 Å². The highest BCUT2D eigenvalue weighted by Gasteiger charge is 2.36. The summed E-state index contributed by atoms with van der Waals surface area (Å²) in [5, 5.41) is 2.91. The van der Waals surface area contributed by atoms with Crippen molar-refractivity contribution in [2.75, 3.05) is 20.3 Å². The first-order valence-corrected chi connectivity index (χ1v) is 7.32. The molecule has 1 heterocycles. The van der Waals surface area contributed by atoms with Crippen LogP contribution in [0.4, 0.5) is 0 Å². The summed E-state index contributed by atoms with van der Waals surface area (Å²) in [6.07, 6.45) is 1.40. The molecule has 0 saturated carbocycles. The molecule has 0 aliphatic carbocycles. The number of halogens is 1. The highest BCUT2D eigenvalue weighted by molar-refractivity contribution is 5.89. The fourth-order valence-electron chi connectivity index (χ4n) is 2.44. The van der Waals surface area contributed by atoms with Gasteiger partial charge in [0.05, 0.1) is 25.3 Å². The average Bonchev–Trinajstić information content (AvgIpc) is 2.54. The number of nitrogens with one attached hydrogen (secondary N) is 1. The Hall–Kier alpha value is -1.63. The topological polar surface area (TPSA) is 90.7 Å². The van der Waals surface area contributed by atoms with Crippen LogP contribution in [0, 0.1) is 0 Å². The molecule has 6 nitrogen and oxygen atoms in total. The van der Waals surface area contributed by atoms with Crippen LogP contribution in [0.3, 0.4) is 0 Å². The lowest BCUT2D eigenvalue weighted by molar-refractivity contribution is -0.131. The largest absolute Gasteiger partial charge is 0.465 e. The minimum absolute atomic E-state index is 0. The number of hydrogen-bond acceptors (Lipinski definition) is 5. The lowest BCUT2D eigenvalue weighted by Gasteiger charge is -2.32. The zero-order chi connectivity index (χ0) is 16.2. The van der Waals surface area contributed by atoms with Gasteiger partial charge in [0.15, 0.2) is 0 Å². The van der Waals surface area contributed by atoms with E-state index in [4.69, 9.17) is 10.5 Å². The highest BCUT2D eigenvalue weighted by atomic mass is 35.5.